The summed E-state index contributed by atoms with van der Waals surface area (Å²) in [4.78, 5) is 13.8. The minimum atomic E-state index is 0.195. The predicted molar refractivity (Wildman–Crippen MR) is 63.1 cm³/mol. The lowest BCUT2D eigenvalue weighted by Gasteiger charge is -2.40. The molecule has 3 nitrogen and oxygen atoms in total. The second-order valence-corrected chi connectivity index (χ2v) is 5.46. The van der Waals surface area contributed by atoms with Crippen LogP contribution in [0.15, 0.2) is 0 Å². The van der Waals surface area contributed by atoms with Gasteiger partial charge < -0.3 is 9.64 Å². The highest BCUT2D eigenvalue weighted by molar-refractivity contribution is 5.78. The van der Waals surface area contributed by atoms with Gasteiger partial charge in [0.1, 0.15) is 6.61 Å². The van der Waals surface area contributed by atoms with E-state index in [2.05, 4.69) is 18.7 Å². The molecule has 1 heterocycles. The summed E-state index contributed by atoms with van der Waals surface area (Å²) in [5.74, 6) is 1.74. The van der Waals surface area contributed by atoms with E-state index >= 15 is 0 Å². The third-order valence-electron chi connectivity index (χ3n) is 4.09. The number of morpholine rings is 1. The summed E-state index contributed by atoms with van der Waals surface area (Å²) < 4.78 is 5.19. The van der Waals surface area contributed by atoms with E-state index in [0.29, 0.717) is 19.3 Å². The average molecular weight is 225 g/mol. The first-order valence-electron chi connectivity index (χ1n) is 6.55. The quantitative estimate of drug-likeness (QED) is 0.720. The van der Waals surface area contributed by atoms with Gasteiger partial charge in [0, 0.05) is 12.6 Å². The van der Waals surface area contributed by atoms with Crippen LogP contribution in [0.4, 0.5) is 0 Å². The van der Waals surface area contributed by atoms with Crippen molar-refractivity contribution in [2.24, 2.45) is 11.8 Å². The number of carbonyl (C=O) groups is 1. The summed E-state index contributed by atoms with van der Waals surface area (Å²) in [5, 5.41) is 0. The van der Waals surface area contributed by atoms with Crippen LogP contribution in [0, 0.1) is 11.8 Å². The predicted octanol–water partition coefficient (Wildman–Crippen LogP) is 2.06. The fraction of sp³-hybridized carbons (Fsp3) is 0.923. The molecule has 92 valence electrons. The van der Waals surface area contributed by atoms with Crippen LogP contribution >= 0.6 is 0 Å². The van der Waals surface area contributed by atoms with E-state index in [1.807, 2.05) is 0 Å². The van der Waals surface area contributed by atoms with Crippen molar-refractivity contribution >= 4 is 5.91 Å². The lowest BCUT2D eigenvalue weighted by atomic mass is 9.78. The van der Waals surface area contributed by atoms with Crippen LogP contribution in [0.25, 0.3) is 0 Å². The first kappa shape index (κ1) is 11.9. The molecule has 0 aromatic rings. The highest BCUT2D eigenvalue weighted by Crippen LogP contribution is 2.32. The second-order valence-electron chi connectivity index (χ2n) is 5.46. The number of hydrogen-bond donors (Lipinski definition) is 0. The number of carbonyl (C=O) groups excluding carboxylic acids is 1. The molecule has 0 aromatic carbocycles. The van der Waals surface area contributed by atoms with E-state index in [4.69, 9.17) is 4.74 Å². The molecule has 0 N–H and O–H groups in total. The SMILES string of the molecule is CC(C)C1CCCC(N2CCOCC2=O)C1. The van der Waals surface area contributed by atoms with Gasteiger partial charge in [-0.15, -0.1) is 0 Å². The van der Waals surface area contributed by atoms with Crippen molar-refractivity contribution in [1.29, 1.82) is 0 Å². The molecule has 2 aliphatic rings. The zero-order valence-electron chi connectivity index (χ0n) is 10.4. The van der Waals surface area contributed by atoms with Crippen molar-refractivity contribution in [3.8, 4) is 0 Å². The van der Waals surface area contributed by atoms with Gasteiger partial charge in [-0.2, -0.15) is 0 Å². The lowest BCUT2D eigenvalue weighted by Crippen LogP contribution is -2.49. The van der Waals surface area contributed by atoms with Crippen LogP contribution in [-0.4, -0.2) is 36.6 Å². The summed E-state index contributed by atoms with van der Waals surface area (Å²) in [6.45, 7) is 6.41. The van der Waals surface area contributed by atoms with Gasteiger partial charge in [-0.3, -0.25) is 4.79 Å². The molecule has 3 heteroatoms. The molecule has 0 spiro atoms. The molecule has 1 saturated carbocycles. The molecule has 2 rings (SSSR count). The number of ether oxygens (including phenoxy) is 1. The summed E-state index contributed by atoms with van der Waals surface area (Å²) in [6, 6.07) is 0.484. The topological polar surface area (TPSA) is 29.5 Å². The van der Waals surface area contributed by atoms with Crippen molar-refractivity contribution in [3.05, 3.63) is 0 Å². The Labute approximate surface area is 98.1 Å². The van der Waals surface area contributed by atoms with Gasteiger partial charge in [0.15, 0.2) is 0 Å². The standard InChI is InChI=1S/C13H23NO2/c1-10(2)11-4-3-5-12(8-11)14-6-7-16-9-13(14)15/h10-12H,3-9H2,1-2H3. The molecule has 1 aliphatic heterocycles. The fourth-order valence-electron chi connectivity index (χ4n) is 3.01. The molecule has 1 amide bonds. The van der Waals surface area contributed by atoms with E-state index in [-0.39, 0.29) is 5.91 Å². The van der Waals surface area contributed by atoms with Gasteiger partial charge in [0.05, 0.1) is 6.61 Å². The summed E-state index contributed by atoms with van der Waals surface area (Å²) >= 11 is 0. The molecular weight excluding hydrogens is 202 g/mol. The first-order chi connectivity index (χ1) is 7.68. The van der Waals surface area contributed by atoms with Crippen LogP contribution in [0.2, 0.25) is 0 Å². The Balaban J connectivity index is 1.95. The van der Waals surface area contributed by atoms with E-state index in [1.165, 1.54) is 25.7 Å². The largest absolute Gasteiger partial charge is 0.370 e. The van der Waals surface area contributed by atoms with E-state index in [9.17, 15) is 4.79 Å². The van der Waals surface area contributed by atoms with Crippen molar-refractivity contribution in [3.63, 3.8) is 0 Å². The molecule has 2 unspecified atom stereocenters. The molecule has 1 saturated heterocycles. The average Bonchev–Trinajstić information content (AvgIpc) is 2.30. The van der Waals surface area contributed by atoms with Crippen LogP contribution in [0.1, 0.15) is 39.5 Å². The maximum Gasteiger partial charge on any atom is 0.248 e. The maximum atomic E-state index is 11.8. The van der Waals surface area contributed by atoms with E-state index < -0.39 is 0 Å². The normalized spacial score (nSPS) is 32.2. The Hall–Kier alpha value is -0.570. The Morgan fingerprint density at radius 1 is 1.38 bits per heavy atom. The number of rotatable bonds is 2. The van der Waals surface area contributed by atoms with E-state index in [1.54, 1.807) is 0 Å². The number of amides is 1. The zero-order valence-corrected chi connectivity index (χ0v) is 10.4. The Kier molecular flexibility index (Phi) is 3.85. The molecular formula is C13H23NO2. The minimum absolute atomic E-state index is 0.195. The highest BCUT2D eigenvalue weighted by Gasteiger charge is 2.31. The fourth-order valence-corrected chi connectivity index (χ4v) is 3.01. The van der Waals surface area contributed by atoms with Crippen molar-refractivity contribution < 1.29 is 9.53 Å². The van der Waals surface area contributed by atoms with Crippen LogP contribution in [-0.2, 0) is 9.53 Å². The van der Waals surface area contributed by atoms with Crippen LogP contribution in [0.3, 0.4) is 0 Å². The molecule has 0 radical (unpaired) electrons. The smallest absolute Gasteiger partial charge is 0.248 e. The van der Waals surface area contributed by atoms with Gasteiger partial charge in [-0.25, -0.2) is 0 Å². The van der Waals surface area contributed by atoms with Crippen LogP contribution in [0.5, 0.6) is 0 Å². The third kappa shape index (κ3) is 2.57. The number of hydrogen-bond acceptors (Lipinski definition) is 2. The molecule has 1 aliphatic carbocycles. The molecule has 2 fully saturated rings. The van der Waals surface area contributed by atoms with Crippen LogP contribution < -0.4 is 0 Å². The molecule has 16 heavy (non-hydrogen) atoms. The van der Waals surface area contributed by atoms with Gasteiger partial charge in [0.25, 0.3) is 0 Å². The summed E-state index contributed by atoms with van der Waals surface area (Å²) in [7, 11) is 0. The van der Waals surface area contributed by atoms with Crippen molar-refractivity contribution in [2.75, 3.05) is 19.8 Å². The molecule has 0 aromatic heterocycles. The van der Waals surface area contributed by atoms with Gasteiger partial charge in [-0.05, 0) is 24.7 Å². The second kappa shape index (κ2) is 5.17. The van der Waals surface area contributed by atoms with Crippen molar-refractivity contribution in [2.45, 2.75) is 45.6 Å². The number of nitrogens with zero attached hydrogens (tertiary/aromatic N) is 1. The molecule has 2 atom stereocenters. The first-order valence-corrected chi connectivity index (χ1v) is 6.55. The van der Waals surface area contributed by atoms with Gasteiger partial charge in [-0.1, -0.05) is 26.7 Å². The highest BCUT2D eigenvalue weighted by atomic mass is 16.5. The Morgan fingerprint density at radius 3 is 2.88 bits per heavy atom. The Morgan fingerprint density at radius 2 is 2.19 bits per heavy atom. The lowest BCUT2D eigenvalue weighted by molar-refractivity contribution is -0.147. The van der Waals surface area contributed by atoms with Gasteiger partial charge in [0.2, 0.25) is 5.91 Å². The third-order valence-corrected chi connectivity index (χ3v) is 4.09. The molecule has 0 bridgehead atoms. The van der Waals surface area contributed by atoms with Gasteiger partial charge >= 0.3 is 0 Å². The minimum Gasteiger partial charge on any atom is -0.370 e. The monoisotopic (exact) mass is 225 g/mol. The van der Waals surface area contributed by atoms with Crippen molar-refractivity contribution in [1.82, 2.24) is 4.90 Å². The Bertz CT molecular complexity index is 252. The summed E-state index contributed by atoms with van der Waals surface area (Å²) in [6.07, 6.45) is 5.00. The summed E-state index contributed by atoms with van der Waals surface area (Å²) in [5.41, 5.74) is 0. The zero-order chi connectivity index (χ0) is 11.5. The van der Waals surface area contributed by atoms with E-state index in [0.717, 1.165) is 18.4 Å². The maximum absolute atomic E-state index is 11.8.